The van der Waals surface area contributed by atoms with Gasteiger partial charge in [0.25, 0.3) is 0 Å². The number of nitrogens with zero attached hydrogens (tertiary/aromatic N) is 2. The monoisotopic (exact) mass is 661 g/mol. The predicted octanol–water partition coefficient (Wildman–Crippen LogP) is 13.4. The third kappa shape index (κ3) is 4.31. The number of hydrogen-bond acceptors (Lipinski definition) is 2. The fraction of sp³-hybridized carbons (Fsp3) is 0.0400. The molecular weight excluding hydrogens is 629 g/mol. The highest BCUT2D eigenvalue weighted by atomic mass is 14.7. The molecule has 2 heteroatoms. The van der Waals surface area contributed by atoms with Gasteiger partial charge in [0.05, 0.1) is 5.69 Å². The van der Waals surface area contributed by atoms with Crippen molar-refractivity contribution in [2.75, 3.05) is 0 Å². The van der Waals surface area contributed by atoms with Crippen LogP contribution in [0.2, 0.25) is 0 Å². The van der Waals surface area contributed by atoms with Crippen molar-refractivity contribution < 1.29 is 1.37 Å². The molecule has 0 fully saturated rings. The van der Waals surface area contributed by atoms with Crippen LogP contribution in [-0.2, 0) is 0 Å². The third-order valence-electron chi connectivity index (χ3n) is 11.2. The van der Waals surface area contributed by atoms with Gasteiger partial charge in [-0.1, -0.05) is 110 Å². The molecule has 1 aliphatic carbocycles. The van der Waals surface area contributed by atoms with Crippen LogP contribution in [0.5, 0.6) is 0 Å². The maximum Gasteiger partial charge on any atom is 0.0717 e. The molecule has 10 aromatic rings. The molecule has 11 rings (SSSR count). The zero-order valence-electron chi connectivity index (χ0n) is 29.6. The lowest BCUT2D eigenvalue weighted by molar-refractivity contribution is 0.962. The normalized spacial score (nSPS) is 15.4. The van der Waals surface area contributed by atoms with Crippen molar-refractivity contribution in [3.05, 3.63) is 181 Å². The molecule has 8 aromatic carbocycles. The van der Waals surface area contributed by atoms with E-state index in [-0.39, 0.29) is 0 Å². The molecule has 0 radical (unpaired) electrons. The van der Waals surface area contributed by atoms with Crippen molar-refractivity contribution >= 4 is 53.9 Å². The molecule has 2 aromatic heterocycles. The Hall–Kier alpha value is -6.64. The van der Waals surface area contributed by atoms with Gasteiger partial charge in [-0.3, -0.25) is 9.97 Å². The number of aromatic nitrogens is 2. The summed E-state index contributed by atoms with van der Waals surface area (Å²) >= 11 is 0. The fourth-order valence-electron chi connectivity index (χ4n) is 8.72. The average molecular weight is 662 g/mol. The Balaban J connectivity index is 1.10. The summed E-state index contributed by atoms with van der Waals surface area (Å²) in [6.45, 7) is 2.06. The first-order chi connectivity index (χ1) is 26.0. The molecular formula is C50H32N2. The van der Waals surface area contributed by atoms with E-state index in [0.29, 0.717) is 0 Å². The van der Waals surface area contributed by atoms with Gasteiger partial charge in [-0.05, 0) is 141 Å². The van der Waals surface area contributed by atoms with Gasteiger partial charge >= 0.3 is 0 Å². The first kappa shape index (κ1) is 28.1. The maximum atomic E-state index is 10.0. The largest absolute Gasteiger partial charge is 0.264 e. The van der Waals surface area contributed by atoms with Gasteiger partial charge in [0.2, 0.25) is 0 Å². The summed E-state index contributed by atoms with van der Waals surface area (Å²) in [5.74, 6) is -0.939. The maximum absolute atomic E-state index is 10.0. The quantitative estimate of drug-likeness (QED) is 0.139. The summed E-state index contributed by atoms with van der Waals surface area (Å²) < 4.78 is 10.0. The van der Waals surface area contributed by atoms with Crippen LogP contribution in [0, 0.1) is 0 Å². The first-order valence-electron chi connectivity index (χ1n) is 18.4. The molecule has 0 N–H and O–H groups in total. The lowest BCUT2D eigenvalue weighted by atomic mass is 9.84. The molecule has 0 saturated heterocycles. The molecule has 52 heavy (non-hydrogen) atoms. The van der Waals surface area contributed by atoms with E-state index in [1.807, 2.05) is 24.5 Å². The van der Waals surface area contributed by atoms with Crippen LogP contribution < -0.4 is 0 Å². The lowest BCUT2D eigenvalue weighted by Gasteiger charge is -2.19. The molecule has 0 amide bonds. The molecule has 0 saturated carbocycles. The van der Waals surface area contributed by atoms with Crippen LogP contribution in [0.3, 0.4) is 0 Å². The minimum absolute atomic E-state index is 0.893. The van der Waals surface area contributed by atoms with Crippen molar-refractivity contribution in [1.29, 1.82) is 0 Å². The van der Waals surface area contributed by atoms with Crippen molar-refractivity contribution in [3.8, 4) is 44.6 Å². The number of hydrogen-bond donors (Lipinski definition) is 0. The standard InChI is InChI=1S/C50H32N2/c1-30-44-26-38(36-20-21-46(52-29-36)37-11-8-22-51-28-37)24-34-18-19-35-25-39(27-45(30)50(35)49(34)44)48-42-14-6-4-12-40(42)47(41-13-5-7-15-43(41)48)33-17-16-31-9-2-3-10-32(31)23-33/h2-30H,1H3/i30D. The SMILES string of the molecule is [2H]C1(C)c2cc(-c3ccc(-c4cccnc4)nc3)cc3ccc4cc(-c5c6ccccc6c(-c6ccc7ccccc7c6)c6ccccc56)cc1c4c23. The predicted molar refractivity (Wildman–Crippen MR) is 219 cm³/mol. The molecule has 2 heterocycles. The Morgan fingerprint density at radius 3 is 1.63 bits per heavy atom. The summed E-state index contributed by atoms with van der Waals surface area (Å²) in [6, 6.07) is 54.8. The van der Waals surface area contributed by atoms with Crippen molar-refractivity contribution in [3.63, 3.8) is 0 Å². The van der Waals surface area contributed by atoms with E-state index >= 15 is 0 Å². The minimum Gasteiger partial charge on any atom is -0.264 e. The zero-order valence-corrected chi connectivity index (χ0v) is 28.6. The van der Waals surface area contributed by atoms with Crippen LogP contribution in [0.4, 0.5) is 0 Å². The van der Waals surface area contributed by atoms with Gasteiger partial charge in [-0.2, -0.15) is 0 Å². The summed E-state index contributed by atoms with van der Waals surface area (Å²) in [5, 5.41) is 12.1. The fourth-order valence-corrected chi connectivity index (χ4v) is 8.72. The smallest absolute Gasteiger partial charge is 0.0717 e. The molecule has 0 spiro atoms. The lowest BCUT2D eigenvalue weighted by Crippen LogP contribution is -1.94. The molecule has 2 nitrogen and oxygen atoms in total. The van der Waals surface area contributed by atoms with Crippen molar-refractivity contribution in [2.45, 2.75) is 12.8 Å². The van der Waals surface area contributed by atoms with Crippen LogP contribution in [-0.4, -0.2) is 9.97 Å². The number of fused-ring (bicyclic) bond motifs is 3. The molecule has 1 unspecified atom stereocenters. The number of rotatable bonds is 4. The van der Waals surface area contributed by atoms with E-state index in [1.54, 1.807) is 6.20 Å². The summed E-state index contributed by atoms with van der Waals surface area (Å²) in [7, 11) is 0. The minimum atomic E-state index is -0.939. The molecule has 242 valence electrons. The average Bonchev–Trinajstić information content (AvgIpc) is 3.45. The van der Waals surface area contributed by atoms with Gasteiger partial charge < -0.3 is 0 Å². The highest BCUT2D eigenvalue weighted by Crippen LogP contribution is 2.50. The molecule has 1 atom stereocenters. The zero-order chi connectivity index (χ0) is 35.3. The Morgan fingerprint density at radius 1 is 0.442 bits per heavy atom. The van der Waals surface area contributed by atoms with Gasteiger partial charge in [0, 0.05) is 37.0 Å². The van der Waals surface area contributed by atoms with E-state index < -0.39 is 5.89 Å². The second kappa shape index (κ2) is 11.2. The Morgan fingerprint density at radius 2 is 1.00 bits per heavy atom. The number of pyridine rings is 2. The van der Waals surface area contributed by atoms with Crippen LogP contribution in [0.25, 0.3) is 98.5 Å². The van der Waals surface area contributed by atoms with Crippen molar-refractivity contribution in [2.24, 2.45) is 0 Å². The highest BCUT2D eigenvalue weighted by molar-refractivity contribution is 6.23. The van der Waals surface area contributed by atoms with Crippen molar-refractivity contribution in [1.82, 2.24) is 9.97 Å². The molecule has 0 bridgehead atoms. The highest BCUT2D eigenvalue weighted by Gasteiger charge is 2.27. The first-order valence-corrected chi connectivity index (χ1v) is 17.9. The van der Waals surface area contributed by atoms with Gasteiger partial charge in [0.15, 0.2) is 0 Å². The summed E-state index contributed by atoms with van der Waals surface area (Å²) in [4.78, 5) is 9.05. The molecule has 0 aliphatic heterocycles. The second-order valence-corrected chi connectivity index (χ2v) is 14.0. The van der Waals surface area contributed by atoms with Gasteiger partial charge in [-0.25, -0.2) is 0 Å². The summed E-state index contributed by atoms with van der Waals surface area (Å²) in [6.07, 6.45) is 5.55. The Labute approximate surface area is 303 Å². The molecule has 1 aliphatic rings. The van der Waals surface area contributed by atoms with Crippen LogP contribution in [0.1, 0.15) is 25.3 Å². The van der Waals surface area contributed by atoms with E-state index in [0.717, 1.165) is 44.5 Å². The van der Waals surface area contributed by atoms with Crippen LogP contribution >= 0.6 is 0 Å². The van der Waals surface area contributed by atoms with Gasteiger partial charge in [-0.15, -0.1) is 0 Å². The van der Waals surface area contributed by atoms with E-state index in [4.69, 9.17) is 4.98 Å². The third-order valence-corrected chi connectivity index (χ3v) is 11.2. The van der Waals surface area contributed by atoms with E-state index in [2.05, 4.69) is 151 Å². The number of benzene rings is 8. The topological polar surface area (TPSA) is 25.8 Å². The second-order valence-electron chi connectivity index (χ2n) is 14.0. The van der Waals surface area contributed by atoms with E-state index in [9.17, 15) is 1.37 Å². The van der Waals surface area contributed by atoms with E-state index in [1.165, 1.54) is 65.2 Å². The Bertz CT molecular complexity index is 3070. The summed E-state index contributed by atoms with van der Waals surface area (Å²) in [5.41, 5.74) is 10.9. The van der Waals surface area contributed by atoms with Gasteiger partial charge in [0.1, 0.15) is 0 Å². The van der Waals surface area contributed by atoms with Crippen LogP contribution in [0.15, 0.2) is 170 Å². The Kier molecular flexibility index (Phi) is 6.04.